The fraction of sp³-hybridized carbons (Fsp3) is 0. The van der Waals surface area contributed by atoms with Gasteiger partial charge < -0.3 is 0 Å². The van der Waals surface area contributed by atoms with E-state index in [9.17, 15) is 12.9 Å². The Morgan fingerprint density at radius 3 is 1.94 bits per heavy atom. The van der Waals surface area contributed by atoms with Crippen molar-refractivity contribution in [3.8, 4) is 5.75 Å². The number of halogens is 2. The Balaban J connectivity index is 0.000000221. The number of hydrogen-bond acceptors (Lipinski definition) is 2. The van der Waals surface area contributed by atoms with E-state index in [2.05, 4.69) is 0 Å². The van der Waals surface area contributed by atoms with E-state index in [1.165, 1.54) is 0 Å². The molecule has 0 fully saturated rings. The summed E-state index contributed by atoms with van der Waals surface area (Å²) in [4.78, 5) is 0. The van der Waals surface area contributed by atoms with Crippen LogP contribution in [-0.4, -0.2) is 8.42 Å². The van der Waals surface area contributed by atoms with Gasteiger partial charge in [0.05, 0.1) is 0 Å². The SMILES string of the molecule is O=S(=O)(F)F.[O]c1cccc2ccccc12. The number of hydrogen-bond donors (Lipinski definition) is 0. The lowest BCUT2D eigenvalue weighted by Gasteiger charge is -1.95. The van der Waals surface area contributed by atoms with Crippen molar-refractivity contribution >= 4 is 21.4 Å². The lowest BCUT2D eigenvalue weighted by atomic mass is 10.1. The molecule has 0 aromatic heterocycles. The van der Waals surface area contributed by atoms with Crippen LogP contribution in [-0.2, 0) is 15.7 Å². The van der Waals surface area contributed by atoms with Crippen LogP contribution in [0.1, 0.15) is 0 Å². The average Bonchev–Trinajstić information content (AvgIpc) is 2.16. The molecule has 0 amide bonds. The third-order valence-corrected chi connectivity index (χ3v) is 1.75. The zero-order chi connectivity index (χ0) is 12.2. The molecule has 2 rings (SSSR count). The summed E-state index contributed by atoms with van der Waals surface area (Å²) in [6.07, 6.45) is 0. The molecule has 3 nitrogen and oxygen atoms in total. The van der Waals surface area contributed by atoms with Crippen LogP contribution in [0, 0.1) is 0 Å². The van der Waals surface area contributed by atoms with E-state index >= 15 is 0 Å². The highest BCUT2D eigenvalue weighted by Gasteiger charge is 1.96. The molecule has 0 aliphatic heterocycles. The molecular weight excluding hydrogens is 238 g/mol. The second kappa shape index (κ2) is 4.89. The minimum Gasteiger partial charge on any atom is -0.289 e. The fourth-order valence-electron chi connectivity index (χ4n) is 1.20. The van der Waals surface area contributed by atoms with E-state index in [1.54, 1.807) is 12.1 Å². The molecule has 0 aliphatic carbocycles. The summed E-state index contributed by atoms with van der Waals surface area (Å²) in [5.74, 6) is 0.100. The maximum atomic E-state index is 11.2. The van der Waals surface area contributed by atoms with Crippen molar-refractivity contribution in [3.05, 3.63) is 42.5 Å². The molecule has 1 radical (unpaired) electrons. The molecule has 0 N–H and O–H groups in total. The van der Waals surface area contributed by atoms with Crippen LogP contribution < -0.4 is 0 Å². The Hall–Kier alpha value is -1.69. The van der Waals surface area contributed by atoms with Gasteiger partial charge in [-0.2, -0.15) is 8.42 Å². The van der Waals surface area contributed by atoms with Gasteiger partial charge in [-0.25, -0.2) is 0 Å². The molecule has 2 aromatic rings. The van der Waals surface area contributed by atoms with Crippen LogP contribution in [0.2, 0.25) is 0 Å². The first-order chi connectivity index (χ1) is 7.38. The lowest BCUT2D eigenvalue weighted by molar-refractivity contribution is 0.360. The quantitative estimate of drug-likeness (QED) is 0.669. The Kier molecular flexibility index (Phi) is 3.78. The first-order valence-electron chi connectivity index (χ1n) is 4.17. The Labute approximate surface area is 91.5 Å². The van der Waals surface area contributed by atoms with E-state index in [-0.39, 0.29) is 5.75 Å². The van der Waals surface area contributed by atoms with Gasteiger partial charge in [0.15, 0.2) is 5.75 Å². The predicted octanol–water partition coefficient (Wildman–Crippen LogP) is 3.15. The summed E-state index contributed by atoms with van der Waals surface area (Å²) in [6.45, 7) is 0. The molecule has 85 valence electrons. The van der Waals surface area contributed by atoms with Crippen LogP contribution in [0.3, 0.4) is 0 Å². The van der Waals surface area contributed by atoms with Crippen LogP contribution in [0.15, 0.2) is 42.5 Å². The van der Waals surface area contributed by atoms with E-state index in [4.69, 9.17) is 8.42 Å². The predicted molar refractivity (Wildman–Crippen MR) is 55.2 cm³/mol. The summed E-state index contributed by atoms with van der Waals surface area (Å²) in [5.41, 5.74) is 0. The molecule has 0 unspecified atom stereocenters. The molecule has 0 spiro atoms. The van der Waals surface area contributed by atoms with Crippen molar-refractivity contribution in [1.29, 1.82) is 0 Å². The zero-order valence-corrected chi connectivity index (χ0v) is 8.75. The van der Waals surface area contributed by atoms with Gasteiger partial charge in [0.2, 0.25) is 0 Å². The highest BCUT2D eigenvalue weighted by molar-refractivity contribution is 7.81. The summed E-state index contributed by atoms with van der Waals surface area (Å²) in [7, 11) is -5.67. The van der Waals surface area contributed by atoms with Gasteiger partial charge in [0.25, 0.3) is 0 Å². The van der Waals surface area contributed by atoms with Crippen LogP contribution in [0.4, 0.5) is 7.77 Å². The third kappa shape index (κ3) is 4.22. The number of fused-ring (bicyclic) bond motifs is 1. The van der Waals surface area contributed by atoms with Crippen molar-refractivity contribution < 1.29 is 21.3 Å². The number of rotatable bonds is 0. The lowest BCUT2D eigenvalue weighted by Crippen LogP contribution is -1.69. The Morgan fingerprint density at radius 1 is 0.875 bits per heavy atom. The maximum Gasteiger partial charge on any atom is 0.476 e. The molecule has 0 aliphatic rings. The summed E-state index contributed by atoms with van der Waals surface area (Å²) >= 11 is 0. The van der Waals surface area contributed by atoms with Gasteiger partial charge in [-0.3, -0.25) is 5.11 Å². The monoisotopic (exact) mass is 245 g/mol. The maximum absolute atomic E-state index is 11.2. The van der Waals surface area contributed by atoms with E-state index in [1.807, 2.05) is 30.3 Å². The van der Waals surface area contributed by atoms with Gasteiger partial charge >= 0.3 is 10.6 Å². The molecule has 0 saturated carbocycles. The smallest absolute Gasteiger partial charge is 0.289 e. The standard InChI is InChI=1S/C10H7O.F2O2S/c11-10-7-3-5-8-4-1-2-6-9(8)10;1-5(2,3)4/h1-7H;. The van der Waals surface area contributed by atoms with Gasteiger partial charge in [0.1, 0.15) is 0 Å². The fourth-order valence-corrected chi connectivity index (χ4v) is 1.20. The summed E-state index contributed by atoms with van der Waals surface area (Å²) in [6, 6.07) is 12.9. The van der Waals surface area contributed by atoms with E-state index in [0.29, 0.717) is 0 Å². The molecule has 2 aromatic carbocycles. The van der Waals surface area contributed by atoms with Gasteiger partial charge in [0, 0.05) is 5.39 Å². The van der Waals surface area contributed by atoms with Crippen molar-refractivity contribution in [2.45, 2.75) is 0 Å². The molecule has 0 heterocycles. The van der Waals surface area contributed by atoms with E-state index in [0.717, 1.165) is 10.8 Å². The van der Waals surface area contributed by atoms with E-state index < -0.39 is 10.6 Å². The molecule has 0 saturated heterocycles. The number of benzene rings is 2. The largest absolute Gasteiger partial charge is 0.476 e. The van der Waals surface area contributed by atoms with Crippen molar-refractivity contribution in [3.63, 3.8) is 0 Å². The second-order valence-corrected chi connectivity index (χ2v) is 3.61. The van der Waals surface area contributed by atoms with Crippen molar-refractivity contribution in [2.24, 2.45) is 0 Å². The molecule has 0 atom stereocenters. The van der Waals surface area contributed by atoms with Crippen LogP contribution >= 0.6 is 0 Å². The minimum atomic E-state index is -5.67. The topological polar surface area (TPSA) is 54.0 Å². The third-order valence-electron chi connectivity index (χ3n) is 1.75. The molecule has 16 heavy (non-hydrogen) atoms. The highest BCUT2D eigenvalue weighted by Crippen LogP contribution is 2.23. The van der Waals surface area contributed by atoms with Crippen LogP contribution in [0.25, 0.3) is 10.8 Å². The highest BCUT2D eigenvalue weighted by atomic mass is 32.3. The first-order valence-corrected chi connectivity index (χ1v) is 5.45. The summed E-state index contributed by atoms with van der Waals surface area (Å²) < 4.78 is 36.6. The first kappa shape index (κ1) is 12.4. The van der Waals surface area contributed by atoms with Gasteiger partial charge in [-0.15, -0.1) is 0 Å². The summed E-state index contributed by atoms with van der Waals surface area (Å²) in [5, 5.41) is 13.0. The Bertz CT molecular complexity index is 568. The Morgan fingerprint density at radius 2 is 1.38 bits per heavy atom. The molecule has 6 heteroatoms. The van der Waals surface area contributed by atoms with Gasteiger partial charge in [-0.05, 0) is 11.5 Å². The average molecular weight is 245 g/mol. The van der Waals surface area contributed by atoms with Gasteiger partial charge in [-0.1, -0.05) is 44.2 Å². The van der Waals surface area contributed by atoms with Crippen molar-refractivity contribution in [2.75, 3.05) is 0 Å². The minimum absolute atomic E-state index is 0.100. The zero-order valence-electron chi connectivity index (χ0n) is 7.93. The van der Waals surface area contributed by atoms with Crippen molar-refractivity contribution in [1.82, 2.24) is 0 Å². The molecule has 0 bridgehead atoms. The normalized spacial score (nSPS) is 10.6. The molecular formula is C10H7F2O3S. The van der Waals surface area contributed by atoms with Crippen LogP contribution in [0.5, 0.6) is 5.75 Å². The second-order valence-electron chi connectivity index (χ2n) is 2.86.